The molecule has 0 aliphatic carbocycles. The van der Waals surface area contributed by atoms with E-state index in [1.165, 1.54) is 0 Å². The number of nitrogens with one attached hydrogen (secondary N) is 1. The Balaban J connectivity index is 1.82. The molecule has 0 unspecified atom stereocenters. The lowest BCUT2D eigenvalue weighted by atomic mass is 9.99. The van der Waals surface area contributed by atoms with Gasteiger partial charge in [-0.3, -0.25) is 4.98 Å². The number of benzene rings is 1. The van der Waals surface area contributed by atoms with Crippen molar-refractivity contribution in [2.24, 2.45) is 0 Å². The van der Waals surface area contributed by atoms with E-state index in [4.69, 9.17) is 9.47 Å². The average Bonchev–Trinajstić information content (AvgIpc) is 2.74. The van der Waals surface area contributed by atoms with E-state index < -0.39 is 0 Å². The molecule has 2 amide bonds. The first-order valence-corrected chi connectivity index (χ1v) is 9.41. The van der Waals surface area contributed by atoms with E-state index in [0.29, 0.717) is 19.8 Å². The first kappa shape index (κ1) is 19.2. The summed E-state index contributed by atoms with van der Waals surface area (Å²) in [6.45, 7) is 4.10. The van der Waals surface area contributed by atoms with Crippen LogP contribution in [0.1, 0.15) is 36.9 Å². The summed E-state index contributed by atoms with van der Waals surface area (Å²) >= 11 is 0. The van der Waals surface area contributed by atoms with Gasteiger partial charge in [0.15, 0.2) is 0 Å². The summed E-state index contributed by atoms with van der Waals surface area (Å²) in [4.78, 5) is 19.1. The summed E-state index contributed by atoms with van der Waals surface area (Å²) in [5, 5.41) is 3.21. The number of urea groups is 1. The summed E-state index contributed by atoms with van der Waals surface area (Å²) < 4.78 is 10.7. The SMILES string of the molecule is CCN(C(=O)N[C@@H](c1ccncc1)c1ccc(OC)cc1)C1CCOCC1. The largest absolute Gasteiger partial charge is 0.497 e. The lowest BCUT2D eigenvalue weighted by molar-refractivity contribution is 0.0470. The number of ether oxygens (including phenoxy) is 2. The lowest BCUT2D eigenvalue weighted by Crippen LogP contribution is -2.49. The topological polar surface area (TPSA) is 63.7 Å². The van der Waals surface area contributed by atoms with Crippen LogP contribution in [0.4, 0.5) is 4.79 Å². The second-order valence-corrected chi connectivity index (χ2v) is 6.57. The maximum absolute atomic E-state index is 13.1. The first-order chi connectivity index (χ1) is 13.2. The third-order valence-electron chi connectivity index (χ3n) is 4.99. The quantitative estimate of drug-likeness (QED) is 0.848. The molecular formula is C21H27N3O3. The summed E-state index contributed by atoms with van der Waals surface area (Å²) in [5.41, 5.74) is 1.99. The van der Waals surface area contributed by atoms with Crippen molar-refractivity contribution in [3.05, 3.63) is 59.9 Å². The fourth-order valence-corrected chi connectivity index (χ4v) is 3.48. The van der Waals surface area contributed by atoms with Crippen LogP contribution in [0.25, 0.3) is 0 Å². The van der Waals surface area contributed by atoms with Crippen LogP contribution < -0.4 is 10.1 Å². The van der Waals surface area contributed by atoms with Crippen molar-refractivity contribution in [1.29, 1.82) is 0 Å². The Kier molecular flexibility index (Phi) is 6.65. The Morgan fingerprint density at radius 1 is 1.19 bits per heavy atom. The summed E-state index contributed by atoms with van der Waals surface area (Å²) in [7, 11) is 1.64. The van der Waals surface area contributed by atoms with Gasteiger partial charge in [-0.15, -0.1) is 0 Å². The summed E-state index contributed by atoms with van der Waals surface area (Å²) in [6.07, 6.45) is 5.25. The molecule has 144 valence electrons. The van der Waals surface area contributed by atoms with Gasteiger partial charge in [0, 0.05) is 38.2 Å². The van der Waals surface area contributed by atoms with E-state index in [9.17, 15) is 4.79 Å². The highest BCUT2D eigenvalue weighted by Gasteiger charge is 2.27. The number of carbonyl (C=O) groups is 1. The molecule has 2 aromatic rings. The van der Waals surface area contributed by atoms with Gasteiger partial charge in [0.05, 0.1) is 13.2 Å². The zero-order valence-corrected chi connectivity index (χ0v) is 15.9. The van der Waals surface area contributed by atoms with Crippen molar-refractivity contribution in [1.82, 2.24) is 15.2 Å². The molecule has 1 N–H and O–H groups in total. The number of hydrogen-bond donors (Lipinski definition) is 1. The molecule has 6 nitrogen and oxygen atoms in total. The molecule has 1 aromatic carbocycles. The normalized spacial score (nSPS) is 15.8. The van der Waals surface area contributed by atoms with E-state index in [-0.39, 0.29) is 18.1 Å². The highest BCUT2D eigenvalue weighted by atomic mass is 16.5. The maximum atomic E-state index is 13.1. The monoisotopic (exact) mass is 369 g/mol. The Labute approximate surface area is 160 Å². The highest BCUT2D eigenvalue weighted by Crippen LogP contribution is 2.25. The Hall–Kier alpha value is -2.60. The summed E-state index contributed by atoms with van der Waals surface area (Å²) in [5.74, 6) is 0.788. The van der Waals surface area contributed by atoms with Crippen LogP contribution in [0, 0.1) is 0 Å². The molecule has 0 spiro atoms. The minimum atomic E-state index is -0.250. The maximum Gasteiger partial charge on any atom is 0.318 e. The molecule has 2 heterocycles. The number of amides is 2. The average molecular weight is 369 g/mol. The number of nitrogens with zero attached hydrogens (tertiary/aromatic N) is 2. The van der Waals surface area contributed by atoms with Gasteiger partial charge in [0.1, 0.15) is 5.75 Å². The van der Waals surface area contributed by atoms with Crippen molar-refractivity contribution >= 4 is 6.03 Å². The van der Waals surface area contributed by atoms with Gasteiger partial charge >= 0.3 is 6.03 Å². The molecule has 1 aliphatic rings. The fraction of sp³-hybridized carbons (Fsp3) is 0.429. The van der Waals surface area contributed by atoms with Crippen LogP contribution in [0.15, 0.2) is 48.8 Å². The predicted molar refractivity (Wildman–Crippen MR) is 104 cm³/mol. The number of carbonyl (C=O) groups excluding carboxylic acids is 1. The van der Waals surface area contributed by atoms with Crippen LogP contribution >= 0.6 is 0 Å². The number of rotatable bonds is 6. The van der Waals surface area contributed by atoms with Gasteiger partial charge in [-0.2, -0.15) is 0 Å². The second kappa shape index (κ2) is 9.37. The molecule has 27 heavy (non-hydrogen) atoms. The molecule has 1 aromatic heterocycles. The van der Waals surface area contributed by atoms with Crippen molar-refractivity contribution in [2.45, 2.75) is 31.8 Å². The Morgan fingerprint density at radius 2 is 1.81 bits per heavy atom. The molecule has 1 atom stereocenters. The van der Waals surface area contributed by atoms with E-state index in [1.54, 1.807) is 19.5 Å². The van der Waals surface area contributed by atoms with E-state index in [2.05, 4.69) is 10.3 Å². The van der Waals surface area contributed by atoms with Gasteiger partial charge in [-0.1, -0.05) is 12.1 Å². The Bertz CT molecular complexity index is 715. The molecule has 0 radical (unpaired) electrons. The van der Waals surface area contributed by atoms with Gasteiger partial charge in [-0.05, 0) is 55.2 Å². The van der Waals surface area contributed by atoms with Gasteiger partial charge in [-0.25, -0.2) is 4.79 Å². The fourth-order valence-electron chi connectivity index (χ4n) is 3.48. The van der Waals surface area contributed by atoms with Gasteiger partial charge in [0.2, 0.25) is 0 Å². The zero-order chi connectivity index (χ0) is 19.1. The van der Waals surface area contributed by atoms with E-state index in [1.807, 2.05) is 48.2 Å². The third-order valence-corrected chi connectivity index (χ3v) is 4.99. The number of aromatic nitrogens is 1. The van der Waals surface area contributed by atoms with Gasteiger partial charge in [0.25, 0.3) is 0 Å². The lowest BCUT2D eigenvalue weighted by Gasteiger charge is -2.35. The predicted octanol–water partition coefficient (Wildman–Crippen LogP) is 3.39. The van der Waals surface area contributed by atoms with Crippen molar-refractivity contribution in [3.8, 4) is 5.75 Å². The molecule has 1 saturated heterocycles. The molecule has 1 fully saturated rings. The third kappa shape index (κ3) is 4.77. The number of hydrogen-bond acceptors (Lipinski definition) is 4. The van der Waals surface area contributed by atoms with Crippen molar-refractivity contribution in [3.63, 3.8) is 0 Å². The number of methoxy groups -OCH3 is 1. The minimum absolute atomic E-state index is 0.0537. The van der Waals surface area contributed by atoms with Crippen LogP contribution in [-0.4, -0.2) is 48.8 Å². The molecule has 0 bridgehead atoms. The zero-order valence-electron chi connectivity index (χ0n) is 15.9. The molecule has 3 rings (SSSR count). The van der Waals surface area contributed by atoms with Crippen LogP contribution in [0.2, 0.25) is 0 Å². The molecule has 1 aliphatic heterocycles. The standard InChI is InChI=1S/C21H27N3O3/c1-3-24(18-10-14-27-15-11-18)21(25)23-20(17-8-12-22-13-9-17)16-4-6-19(26-2)7-5-16/h4-9,12-13,18,20H,3,10-11,14-15H2,1-2H3,(H,23,25)/t20-/m1/s1. The second-order valence-electron chi connectivity index (χ2n) is 6.57. The first-order valence-electron chi connectivity index (χ1n) is 9.41. The molecular weight excluding hydrogens is 342 g/mol. The Morgan fingerprint density at radius 3 is 2.41 bits per heavy atom. The summed E-state index contributed by atoms with van der Waals surface area (Å²) in [6, 6.07) is 11.6. The van der Waals surface area contributed by atoms with Crippen LogP contribution in [-0.2, 0) is 4.74 Å². The minimum Gasteiger partial charge on any atom is -0.497 e. The van der Waals surface area contributed by atoms with Crippen LogP contribution in [0.5, 0.6) is 5.75 Å². The van der Waals surface area contributed by atoms with Crippen molar-refractivity contribution < 1.29 is 14.3 Å². The van der Waals surface area contributed by atoms with Crippen LogP contribution in [0.3, 0.4) is 0 Å². The van der Waals surface area contributed by atoms with E-state index >= 15 is 0 Å². The number of pyridine rings is 1. The van der Waals surface area contributed by atoms with E-state index in [0.717, 1.165) is 29.7 Å². The van der Waals surface area contributed by atoms with Crippen molar-refractivity contribution in [2.75, 3.05) is 26.9 Å². The molecule has 6 heteroatoms. The van der Waals surface area contributed by atoms with Gasteiger partial charge < -0.3 is 19.7 Å². The smallest absolute Gasteiger partial charge is 0.318 e. The molecule has 0 saturated carbocycles. The highest BCUT2D eigenvalue weighted by molar-refractivity contribution is 5.75.